The Balaban J connectivity index is 2.03. The van der Waals surface area contributed by atoms with Crippen LogP contribution in [0.25, 0.3) is 0 Å². The molecule has 2 aromatic rings. The van der Waals surface area contributed by atoms with Crippen LogP contribution in [0.5, 0.6) is 11.5 Å². The molecular weight excluding hydrogens is 351 g/mol. The van der Waals surface area contributed by atoms with E-state index in [9.17, 15) is 14.0 Å². The summed E-state index contributed by atoms with van der Waals surface area (Å²) in [7, 11) is 4.70. The summed E-state index contributed by atoms with van der Waals surface area (Å²) in [6.07, 6.45) is 0. The summed E-state index contributed by atoms with van der Waals surface area (Å²) in [6.45, 7) is 1.54. The third kappa shape index (κ3) is 5.20. The molecule has 0 spiro atoms. The van der Waals surface area contributed by atoms with Crippen molar-refractivity contribution in [3.05, 3.63) is 58.9 Å². The Labute approximate surface area is 157 Å². The largest absolute Gasteiger partial charge is 0.493 e. The van der Waals surface area contributed by atoms with Gasteiger partial charge in [0.05, 0.1) is 12.7 Å². The van der Waals surface area contributed by atoms with Crippen LogP contribution < -0.4 is 14.8 Å². The normalized spacial score (nSPS) is 10.3. The molecule has 1 N–H and O–H groups in total. The molecule has 0 aliphatic rings. The van der Waals surface area contributed by atoms with E-state index in [4.69, 9.17) is 9.47 Å². The number of hydrogen-bond acceptors (Lipinski definition) is 4. The Morgan fingerprint density at radius 3 is 2.56 bits per heavy atom. The van der Waals surface area contributed by atoms with E-state index in [2.05, 4.69) is 5.32 Å². The van der Waals surface area contributed by atoms with Crippen molar-refractivity contribution >= 4 is 11.8 Å². The SMILES string of the molecule is COc1cccc(C(=O)N(C)C)c1OCC(=O)NCc1ccc(C)c(F)c1. The summed E-state index contributed by atoms with van der Waals surface area (Å²) in [4.78, 5) is 25.8. The number of nitrogens with one attached hydrogen (secondary N) is 1. The monoisotopic (exact) mass is 374 g/mol. The lowest BCUT2D eigenvalue weighted by atomic mass is 10.1. The molecule has 0 bridgehead atoms. The van der Waals surface area contributed by atoms with Crippen molar-refractivity contribution in [2.75, 3.05) is 27.8 Å². The van der Waals surface area contributed by atoms with Crippen LogP contribution in [0, 0.1) is 12.7 Å². The predicted octanol–water partition coefficient (Wildman–Crippen LogP) is 2.54. The molecule has 0 aromatic heterocycles. The summed E-state index contributed by atoms with van der Waals surface area (Å²) in [5, 5.41) is 2.66. The minimum absolute atomic E-state index is 0.175. The number of carbonyl (C=O) groups is 2. The number of nitrogens with zero attached hydrogens (tertiary/aromatic N) is 1. The third-order valence-corrected chi connectivity index (χ3v) is 3.91. The van der Waals surface area contributed by atoms with Crippen molar-refractivity contribution in [1.82, 2.24) is 10.2 Å². The zero-order valence-electron chi connectivity index (χ0n) is 15.8. The van der Waals surface area contributed by atoms with Gasteiger partial charge in [-0.25, -0.2) is 4.39 Å². The number of amides is 2. The van der Waals surface area contributed by atoms with Crippen molar-refractivity contribution in [1.29, 1.82) is 0 Å². The summed E-state index contributed by atoms with van der Waals surface area (Å²) in [6, 6.07) is 9.70. The second kappa shape index (κ2) is 9.02. The van der Waals surface area contributed by atoms with Crippen molar-refractivity contribution in [3.8, 4) is 11.5 Å². The second-order valence-corrected chi connectivity index (χ2v) is 6.19. The highest BCUT2D eigenvalue weighted by atomic mass is 19.1. The van der Waals surface area contributed by atoms with Crippen molar-refractivity contribution in [2.45, 2.75) is 13.5 Å². The molecule has 0 heterocycles. The predicted molar refractivity (Wildman–Crippen MR) is 99.5 cm³/mol. The van der Waals surface area contributed by atoms with Crippen LogP contribution in [0.4, 0.5) is 4.39 Å². The van der Waals surface area contributed by atoms with Crippen molar-refractivity contribution in [2.24, 2.45) is 0 Å². The van der Waals surface area contributed by atoms with Gasteiger partial charge in [-0.2, -0.15) is 0 Å². The second-order valence-electron chi connectivity index (χ2n) is 6.19. The van der Waals surface area contributed by atoms with E-state index in [1.165, 1.54) is 18.1 Å². The number of para-hydroxylation sites is 1. The zero-order valence-corrected chi connectivity index (χ0v) is 15.8. The number of ether oxygens (including phenoxy) is 2. The molecule has 0 saturated carbocycles. The van der Waals surface area contributed by atoms with Crippen LogP contribution in [-0.4, -0.2) is 44.5 Å². The molecule has 0 saturated heterocycles. The summed E-state index contributed by atoms with van der Waals surface area (Å²) in [5.41, 5.74) is 1.49. The molecule has 27 heavy (non-hydrogen) atoms. The first-order valence-electron chi connectivity index (χ1n) is 8.36. The fourth-order valence-electron chi connectivity index (χ4n) is 2.37. The molecule has 144 valence electrons. The Bertz CT molecular complexity index is 837. The third-order valence-electron chi connectivity index (χ3n) is 3.91. The van der Waals surface area contributed by atoms with E-state index >= 15 is 0 Å². The maximum Gasteiger partial charge on any atom is 0.258 e. The van der Waals surface area contributed by atoms with Gasteiger partial charge in [0.25, 0.3) is 11.8 Å². The number of methoxy groups -OCH3 is 1. The lowest BCUT2D eigenvalue weighted by Gasteiger charge is -2.17. The van der Waals surface area contributed by atoms with Crippen molar-refractivity contribution < 1.29 is 23.5 Å². The van der Waals surface area contributed by atoms with Crippen LogP contribution in [0.3, 0.4) is 0 Å². The summed E-state index contributed by atoms with van der Waals surface area (Å²) < 4.78 is 24.4. The maximum absolute atomic E-state index is 13.6. The molecule has 0 unspecified atom stereocenters. The quantitative estimate of drug-likeness (QED) is 0.809. The van der Waals surface area contributed by atoms with Gasteiger partial charge in [0.1, 0.15) is 5.82 Å². The molecular formula is C20H23FN2O4. The van der Waals surface area contributed by atoms with Gasteiger partial charge in [0.15, 0.2) is 18.1 Å². The maximum atomic E-state index is 13.6. The number of hydrogen-bond donors (Lipinski definition) is 1. The lowest BCUT2D eigenvalue weighted by Crippen LogP contribution is -2.29. The highest BCUT2D eigenvalue weighted by molar-refractivity contribution is 5.97. The van der Waals surface area contributed by atoms with Gasteiger partial charge >= 0.3 is 0 Å². The van der Waals surface area contributed by atoms with E-state index in [0.717, 1.165) is 0 Å². The lowest BCUT2D eigenvalue weighted by molar-refractivity contribution is -0.123. The van der Waals surface area contributed by atoms with Gasteiger partial charge in [-0.1, -0.05) is 18.2 Å². The standard InChI is InChI=1S/C20H23FN2O4/c1-13-8-9-14(10-16(13)21)11-22-18(24)12-27-19-15(20(25)23(2)3)6-5-7-17(19)26-4/h5-10H,11-12H2,1-4H3,(H,22,24). The first-order valence-corrected chi connectivity index (χ1v) is 8.36. The Morgan fingerprint density at radius 1 is 1.19 bits per heavy atom. The Morgan fingerprint density at radius 2 is 1.93 bits per heavy atom. The van der Waals surface area contributed by atoms with Gasteiger partial charge in [0, 0.05) is 20.6 Å². The first kappa shape index (κ1) is 20.2. The topological polar surface area (TPSA) is 67.9 Å². The van der Waals surface area contributed by atoms with E-state index in [1.54, 1.807) is 51.4 Å². The molecule has 2 aromatic carbocycles. The fourth-order valence-corrected chi connectivity index (χ4v) is 2.37. The van der Waals surface area contributed by atoms with Gasteiger partial charge in [-0.05, 0) is 36.2 Å². The Kier molecular flexibility index (Phi) is 6.76. The highest BCUT2D eigenvalue weighted by Crippen LogP contribution is 2.31. The van der Waals surface area contributed by atoms with E-state index in [-0.39, 0.29) is 30.6 Å². The minimum atomic E-state index is -0.398. The fraction of sp³-hybridized carbons (Fsp3) is 0.300. The number of halogens is 1. The van der Waals surface area contributed by atoms with Gasteiger partial charge < -0.3 is 19.7 Å². The number of carbonyl (C=O) groups excluding carboxylic acids is 2. The van der Waals surface area contributed by atoms with Crippen LogP contribution in [0.15, 0.2) is 36.4 Å². The molecule has 0 aliphatic carbocycles. The zero-order chi connectivity index (χ0) is 20.0. The summed E-state index contributed by atoms with van der Waals surface area (Å²) in [5.74, 6) is -0.422. The van der Waals surface area contributed by atoms with E-state index in [0.29, 0.717) is 22.4 Å². The van der Waals surface area contributed by atoms with Gasteiger partial charge in [-0.3, -0.25) is 9.59 Å². The van der Waals surface area contributed by atoms with E-state index in [1.807, 2.05) is 0 Å². The van der Waals surface area contributed by atoms with Crippen LogP contribution >= 0.6 is 0 Å². The van der Waals surface area contributed by atoms with Crippen molar-refractivity contribution in [3.63, 3.8) is 0 Å². The highest BCUT2D eigenvalue weighted by Gasteiger charge is 2.19. The minimum Gasteiger partial charge on any atom is -0.493 e. The van der Waals surface area contributed by atoms with Crippen LogP contribution in [-0.2, 0) is 11.3 Å². The van der Waals surface area contributed by atoms with Crippen LogP contribution in [0.1, 0.15) is 21.5 Å². The molecule has 2 amide bonds. The average Bonchev–Trinajstić information content (AvgIpc) is 2.66. The molecule has 0 fully saturated rings. The number of aryl methyl sites for hydroxylation is 1. The molecule has 0 aliphatic heterocycles. The first-order chi connectivity index (χ1) is 12.8. The molecule has 7 heteroatoms. The van der Waals surface area contributed by atoms with Gasteiger partial charge in [-0.15, -0.1) is 0 Å². The average molecular weight is 374 g/mol. The molecule has 0 atom stereocenters. The smallest absolute Gasteiger partial charge is 0.258 e. The molecule has 0 radical (unpaired) electrons. The number of rotatable bonds is 7. The summed E-state index contributed by atoms with van der Waals surface area (Å²) >= 11 is 0. The number of benzene rings is 2. The van der Waals surface area contributed by atoms with Gasteiger partial charge in [0.2, 0.25) is 0 Å². The Hall–Kier alpha value is -3.09. The van der Waals surface area contributed by atoms with Crippen LogP contribution in [0.2, 0.25) is 0 Å². The molecule has 6 nitrogen and oxygen atoms in total. The molecule has 2 rings (SSSR count). The van der Waals surface area contributed by atoms with E-state index < -0.39 is 5.91 Å².